The zero-order valence-electron chi connectivity index (χ0n) is 19.4. The Balaban J connectivity index is 1.60. The lowest BCUT2D eigenvalue weighted by Gasteiger charge is -2.19. The van der Waals surface area contributed by atoms with Crippen molar-refractivity contribution in [3.63, 3.8) is 0 Å². The van der Waals surface area contributed by atoms with Crippen LogP contribution in [-0.2, 0) is 4.79 Å². The second-order valence-corrected chi connectivity index (χ2v) is 9.67. The number of phenolic OH excluding ortho intramolecular Hbond substituents is 1. The van der Waals surface area contributed by atoms with Gasteiger partial charge in [0, 0.05) is 17.5 Å². The molecule has 2 aliphatic rings. The van der Waals surface area contributed by atoms with E-state index in [9.17, 15) is 9.90 Å². The molecule has 3 aromatic carbocycles. The van der Waals surface area contributed by atoms with E-state index in [4.69, 9.17) is 14.5 Å². The van der Waals surface area contributed by atoms with E-state index in [1.807, 2.05) is 42.5 Å². The predicted octanol–water partition coefficient (Wildman–Crippen LogP) is 5.98. The molecule has 0 bridgehead atoms. The van der Waals surface area contributed by atoms with Crippen molar-refractivity contribution in [2.24, 2.45) is 4.99 Å². The highest BCUT2D eigenvalue weighted by Crippen LogP contribution is 2.52. The molecule has 178 valence electrons. The van der Waals surface area contributed by atoms with Gasteiger partial charge in [0.2, 0.25) is 0 Å². The molecule has 2 heterocycles. The number of carbonyl (C=O) groups is 1. The summed E-state index contributed by atoms with van der Waals surface area (Å²) in [6.07, 6.45) is 0. The summed E-state index contributed by atoms with van der Waals surface area (Å²) in [4.78, 5) is 24.0. The first-order valence-corrected chi connectivity index (χ1v) is 12.6. The average molecular weight is 506 g/mol. The van der Waals surface area contributed by atoms with Gasteiger partial charge in [0.15, 0.2) is 5.17 Å². The molecule has 1 N–H and O–H groups in total. The highest BCUT2D eigenvalue weighted by molar-refractivity contribution is 8.20. The highest BCUT2D eigenvalue weighted by atomic mass is 32.2. The fraction of sp³-hybridized carbons (Fsp3) is 0.154. The number of carbonyl (C=O) groups excluding carboxylic acids is 1. The number of fused-ring (bicyclic) bond motifs is 1. The van der Waals surface area contributed by atoms with Crippen molar-refractivity contribution in [3.8, 4) is 17.2 Å². The quantitative estimate of drug-likeness (QED) is 0.428. The molecule has 0 radical (unpaired) electrons. The molecule has 1 fully saturated rings. The number of methoxy groups -OCH3 is 2. The fourth-order valence-corrected chi connectivity index (χ4v) is 6.22. The topological polar surface area (TPSA) is 74.6 Å². The number of aliphatic imine (C=N–C) groups is 1. The monoisotopic (exact) mass is 505 g/mol. The third-order valence-electron chi connectivity index (χ3n) is 5.61. The maximum atomic E-state index is 13.8. The minimum Gasteiger partial charge on any atom is -0.508 e. The zero-order valence-corrected chi connectivity index (χ0v) is 21.0. The summed E-state index contributed by atoms with van der Waals surface area (Å²) in [6.45, 7) is 2.76. The van der Waals surface area contributed by atoms with Crippen molar-refractivity contribution in [2.45, 2.75) is 11.8 Å². The maximum absolute atomic E-state index is 13.8. The lowest BCUT2D eigenvalue weighted by Crippen LogP contribution is -2.29. The molecule has 0 spiro atoms. The molecule has 5 rings (SSSR count). The molecular formula is C26H23N3O4S2. The molecule has 0 aromatic heterocycles. The molecule has 1 saturated heterocycles. The maximum Gasteiger partial charge on any atom is 0.274 e. The van der Waals surface area contributed by atoms with Gasteiger partial charge in [-0.2, -0.15) is 0 Å². The number of phenols is 1. The van der Waals surface area contributed by atoms with Gasteiger partial charge in [0.05, 0.1) is 31.3 Å². The molecule has 3 aromatic rings. The van der Waals surface area contributed by atoms with Crippen LogP contribution in [0.5, 0.6) is 17.2 Å². The lowest BCUT2D eigenvalue weighted by molar-refractivity contribution is -0.113. The number of benzene rings is 3. The van der Waals surface area contributed by atoms with Crippen molar-refractivity contribution in [1.82, 2.24) is 0 Å². The Morgan fingerprint density at radius 2 is 1.60 bits per heavy atom. The third-order valence-corrected chi connectivity index (χ3v) is 7.95. The summed E-state index contributed by atoms with van der Waals surface area (Å²) in [5.74, 6) is 1.48. The second kappa shape index (κ2) is 9.59. The molecule has 0 aliphatic carbocycles. The molecule has 7 nitrogen and oxygen atoms in total. The number of amides is 1. The molecule has 0 saturated carbocycles. The standard InChI is InChI=1S/C26H23N3O4S2/c1-4-28-21-15-20(33-3)13-14-22(21)34-25(28)23-24(31)29(17-7-9-18(30)10-8-17)26(35-23)27-16-5-11-19(32-2)12-6-16/h5-15,30H,4H2,1-3H3/b25-23-,27-26?. The zero-order chi connectivity index (χ0) is 24.5. The van der Waals surface area contributed by atoms with Gasteiger partial charge < -0.3 is 19.5 Å². The van der Waals surface area contributed by atoms with Crippen molar-refractivity contribution >= 4 is 51.7 Å². The predicted molar refractivity (Wildman–Crippen MR) is 142 cm³/mol. The van der Waals surface area contributed by atoms with Gasteiger partial charge in [-0.05, 0) is 79.3 Å². The molecular weight excluding hydrogens is 482 g/mol. The van der Waals surface area contributed by atoms with Gasteiger partial charge in [-0.1, -0.05) is 11.8 Å². The van der Waals surface area contributed by atoms with Gasteiger partial charge in [-0.25, -0.2) is 4.99 Å². The Hall–Kier alpha value is -3.56. The molecule has 9 heteroatoms. The SMILES string of the molecule is CCN1/C(=C2/SC(=Nc3ccc(OC)cc3)N(c3ccc(O)cc3)C2=O)Sc2ccc(OC)cc21. The lowest BCUT2D eigenvalue weighted by atomic mass is 10.2. The van der Waals surface area contributed by atoms with Gasteiger partial charge in [-0.3, -0.25) is 9.69 Å². The summed E-state index contributed by atoms with van der Waals surface area (Å²) in [6, 6.07) is 19.9. The number of hydrogen-bond donors (Lipinski definition) is 1. The number of hydrogen-bond acceptors (Lipinski definition) is 8. The minimum absolute atomic E-state index is 0.133. The summed E-state index contributed by atoms with van der Waals surface area (Å²) < 4.78 is 10.7. The van der Waals surface area contributed by atoms with Crippen LogP contribution in [0.4, 0.5) is 17.1 Å². The Morgan fingerprint density at radius 1 is 0.914 bits per heavy atom. The average Bonchev–Trinajstić information content (AvgIpc) is 3.41. The molecule has 1 amide bonds. The molecule has 35 heavy (non-hydrogen) atoms. The Bertz CT molecular complexity index is 1340. The summed E-state index contributed by atoms with van der Waals surface area (Å²) >= 11 is 2.92. The van der Waals surface area contributed by atoms with Crippen LogP contribution in [0.15, 0.2) is 86.6 Å². The van der Waals surface area contributed by atoms with Crippen molar-refractivity contribution < 1.29 is 19.4 Å². The van der Waals surface area contributed by atoms with E-state index in [0.717, 1.165) is 27.1 Å². The number of aromatic hydroxyl groups is 1. The fourth-order valence-electron chi connectivity index (χ4n) is 3.85. The van der Waals surface area contributed by atoms with Crippen LogP contribution in [0.3, 0.4) is 0 Å². The van der Waals surface area contributed by atoms with E-state index in [0.29, 0.717) is 28.0 Å². The van der Waals surface area contributed by atoms with Crippen LogP contribution < -0.4 is 19.3 Å². The molecule has 0 atom stereocenters. The van der Waals surface area contributed by atoms with Crippen molar-refractivity contribution in [3.05, 3.63) is 76.7 Å². The number of thioether (sulfide) groups is 2. The molecule has 0 unspecified atom stereocenters. The van der Waals surface area contributed by atoms with Crippen molar-refractivity contribution in [1.29, 1.82) is 0 Å². The normalized spacial score (nSPS) is 18.4. The Labute approximate surface area is 212 Å². The number of ether oxygens (including phenoxy) is 2. The van der Waals surface area contributed by atoms with Gasteiger partial charge in [0.1, 0.15) is 27.2 Å². The second-order valence-electron chi connectivity index (χ2n) is 7.67. The van der Waals surface area contributed by atoms with E-state index in [-0.39, 0.29) is 11.7 Å². The van der Waals surface area contributed by atoms with Gasteiger partial charge >= 0.3 is 0 Å². The third kappa shape index (κ3) is 4.33. The number of anilines is 2. The van der Waals surface area contributed by atoms with E-state index in [1.54, 1.807) is 55.1 Å². The number of rotatable bonds is 5. The first-order chi connectivity index (χ1) is 17.0. The smallest absolute Gasteiger partial charge is 0.274 e. The summed E-state index contributed by atoms with van der Waals surface area (Å²) in [7, 11) is 3.26. The first-order valence-electron chi connectivity index (χ1n) is 10.9. The Kier molecular flexibility index (Phi) is 6.36. The number of nitrogens with zero attached hydrogens (tertiary/aromatic N) is 3. The minimum atomic E-state index is -0.159. The van der Waals surface area contributed by atoms with E-state index in [1.165, 1.54) is 11.8 Å². The van der Waals surface area contributed by atoms with Crippen LogP contribution in [0, 0.1) is 0 Å². The van der Waals surface area contributed by atoms with E-state index >= 15 is 0 Å². The summed E-state index contributed by atoms with van der Waals surface area (Å²) in [5.41, 5.74) is 2.36. The van der Waals surface area contributed by atoms with Crippen LogP contribution in [0.1, 0.15) is 6.92 Å². The van der Waals surface area contributed by atoms with Crippen LogP contribution in [0.2, 0.25) is 0 Å². The van der Waals surface area contributed by atoms with Crippen LogP contribution >= 0.6 is 23.5 Å². The summed E-state index contributed by atoms with van der Waals surface area (Å²) in [5, 5.41) is 11.2. The Morgan fingerprint density at radius 3 is 2.26 bits per heavy atom. The largest absolute Gasteiger partial charge is 0.508 e. The van der Waals surface area contributed by atoms with Crippen LogP contribution in [0.25, 0.3) is 0 Å². The first kappa shape index (κ1) is 23.2. The van der Waals surface area contributed by atoms with Crippen molar-refractivity contribution in [2.75, 3.05) is 30.6 Å². The molecule has 2 aliphatic heterocycles. The van der Waals surface area contributed by atoms with E-state index in [2.05, 4.69) is 11.8 Å². The van der Waals surface area contributed by atoms with E-state index < -0.39 is 0 Å². The highest BCUT2D eigenvalue weighted by Gasteiger charge is 2.40. The van der Waals surface area contributed by atoms with Gasteiger partial charge in [-0.15, -0.1) is 0 Å². The number of amidine groups is 1. The van der Waals surface area contributed by atoms with Crippen LogP contribution in [-0.4, -0.2) is 36.9 Å². The van der Waals surface area contributed by atoms with Gasteiger partial charge in [0.25, 0.3) is 5.91 Å².